The van der Waals surface area contributed by atoms with Crippen LogP contribution in [0.25, 0.3) is 0 Å². The molecule has 0 aromatic rings. The number of nitrogens with one attached hydrogen (secondary N) is 2. The zero-order chi connectivity index (χ0) is 9.82. The second kappa shape index (κ2) is 13.4. The summed E-state index contributed by atoms with van der Waals surface area (Å²) >= 11 is 0. The Morgan fingerprint density at radius 2 is 1.83 bits per heavy atom. The van der Waals surface area contributed by atoms with Gasteiger partial charge in [-0.15, -0.1) is 0 Å². The minimum Gasteiger partial charge on any atom is -0.330 e. The van der Waals surface area contributed by atoms with E-state index in [-0.39, 0.29) is 0 Å². The summed E-state index contributed by atoms with van der Waals surface area (Å²) in [5.41, 5.74) is 7.77. The molecule has 0 aliphatic carbocycles. The van der Waals surface area contributed by atoms with Crippen LogP contribution in [0.1, 0.15) is 26.7 Å². The molecule has 0 bridgehead atoms. The van der Waals surface area contributed by atoms with Crippen LogP contribution in [0, 0.1) is 0 Å². The molecule has 0 heterocycles. The maximum atomic E-state index is 5.34. The molecule has 0 fully saturated rings. The highest BCUT2D eigenvalue weighted by atomic mass is 15.2. The highest BCUT2D eigenvalue weighted by Gasteiger charge is 1.97. The Morgan fingerprint density at radius 1 is 1.33 bits per heavy atom. The minimum absolute atomic E-state index is 0.625. The predicted molar refractivity (Wildman–Crippen MR) is 54.7 cm³/mol. The van der Waals surface area contributed by atoms with Gasteiger partial charge in [0.15, 0.2) is 0 Å². The molecule has 0 saturated carbocycles. The van der Waals surface area contributed by atoms with Crippen LogP contribution in [0.15, 0.2) is 0 Å². The van der Waals surface area contributed by atoms with Crippen LogP contribution in [0.5, 0.6) is 0 Å². The largest absolute Gasteiger partial charge is 0.330 e. The highest BCUT2D eigenvalue weighted by Crippen LogP contribution is 1.92. The first-order chi connectivity index (χ1) is 5.76. The summed E-state index contributed by atoms with van der Waals surface area (Å²) in [5, 5.41) is 3.17. The minimum atomic E-state index is 0.625. The Labute approximate surface area is 76.0 Å². The lowest BCUT2D eigenvalue weighted by molar-refractivity contribution is 0.515. The van der Waals surface area contributed by atoms with Crippen molar-refractivity contribution >= 4 is 0 Å². The van der Waals surface area contributed by atoms with Crippen molar-refractivity contribution in [2.45, 2.75) is 32.7 Å². The van der Waals surface area contributed by atoms with Gasteiger partial charge in [-0.05, 0) is 26.4 Å². The van der Waals surface area contributed by atoms with Gasteiger partial charge in [-0.25, -0.2) is 0 Å². The Kier molecular flexibility index (Phi) is 16.1. The van der Waals surface area contributed by atoms with Crippen LogP contribution in [0.4, 0.5) is 0 Å². The second-order valence-electron chi connectivity index (χ2n) is 2.53. The first kappa shape index (κ1) is 14.4. The van der Waals surface area contributed by atoms with Gasteiger partial charge in [0.05, 0.1) is 0 Å². The predicted octanol–water partition coefficient (Wildman–Crippen LogP) is -0.197. The van der Waals surface area contributed by atoms with E-state index in [0.29, 0.717) is 6.04 Å². The third-order valence-electron chi connectivity index (χ3n) is 1.62. The van der Waals surface area contributed by atoms with E-state index in [2.05, 4.69) is 17.7 Å². The Hall–Kier alpha value is -0.160. The van der Waals surface area contributed by atoms with Gasteiger partial charge in [0.2, 0.25) is 0 Å². The lowest BCUT2D eigenvalue weighted by Gasteiger charge is -2.10. The van der Waals surface area contributed by atoms with Crippen molar-refractivity contribution in [1.82, 2.24) is 10.7 Å². The first-order valence-corrected chi connectivity index (χ1v) is 4.57. The summed E-state index contributed by atoms with van der Waals surface area (Å²) < 4.78 is 0. The van der Waals surface area contributed by atoms with Crippen LogP contribution >= 0.6 is 0 Å². The van der Waals surface area contributed by atoms with E-state index in [1.807, 2.05) is 14.0 Å². The van der Waals surface area contributed by atoms with Gasteiger partial charge < -0.3 is 11.1 Å². The van der Waals surface area contributed by atoms with E-state index >= 15 is 0 Å². The molecule has 0 radical (unpaired) electrons. The van der Waals surface area contributed by atoms with E-state index in [0.717, 1.165) is 19.5 Å². The molecule has 0 rings (SSSR count). The molecular weight excluding hydrogens is 152 g/mol. The molecule has 0 aliphatic rings. The van der Waals surface area contributed by atoms with Crippen molar-refractivity contribution in [1.29, 1.82) is 0 Å². The molecule has 0 aliphatic heterocycles. The van der Waals surface area contributed by atoms with Crippen LogP contribution in [-0.2, 0) is 0 Å². The topological polar surface area (TPSA) is 76.1 Å². The van der Waals surface area contributed by atoms with Crippen molar-refractivity contribution in [2.75, 3.05) is 20.1 Å². The normalized spacial score (nSPS) is 11.8. The van der Waals surface area contributed by atoms with Crippen LogP contribution in [-0.4, -0.2) is 26.2 Å². The van der Waals surface area contributed by atoms with Crippen LogP contribution in [0.2, 0.25) is 0 Å². The zero-order valence-corrected chi connectivity index (χ0v) is 8.56. The molecule has 0 aromatic heterocycles. The molecule has 0 aromatic carbocycles. The summed E-state index contributed by atoms with van der Waals surface area (Å²) in [6.07, 6.45) is 2.26. The van der Waals surface area contributed by atoms with Crippen LogP contribution in [0.3, 0.4) is 0 Å². The molecule has 4 nitrogen and oxygen atoms in total. The zero-order valence-electron chi connectivity index (χ0n) is 8.56. The van der Waals surface area contributed by atoms with E-state index in [9.17, 15) is 0 Å². The van der Waals surface area contributed by atoms with E-state index in [4.69, 9.17) is 11.6 Å². The molecule has 1 unspecified atom stereocenters. The SMILES string of the molecule is CCC(CCN)NC.CCNN. The van der Waals surface area contributed by atoms with Crippen molar-refractivity contribution in [3.8, 4) is 0 Å². The van der Waals surface area contributed by atoms with E-state index < -0.39 is 0 Å². The smallest absolute Gasteiger partial charge is 0.00734 e. The van der Waals surface area contributed by atoms with E-state index in [1.54, 1.807) is 0 Å². The Bertz CT molecular complexity index is 62.1. The van der Waals surface area contributed by atoms with Crippen molar-refractivity contribution in [3.05, 3.63) is 0 Å². The molecule has 4 heteroatoms. The average molecular weight is 176 g/mol. The van der Waals surface area contributed by atoms with Crippen LogP contribution < -0.4 is 22.3 Å². The number of hydrogen-bond acceptors (Lipinski definition) is 4. The molecule has 0 spiro atoms. The number of hydrazine groups is 1. The summed E-state index contributed by atoms with van der Waals surface area (Å²) in [7, 11) is 1.98. The molecule has 0 saturated heterocycles. The fourth-order valence-electron chi connectivity index (χ4n) is 0.754. The fraction of sp³-hybridized carbons (Fsp3) is 1.00. The van der Waals surface area contributed by atoms with Gasteiger partial charge in [0.1, 0.15) is 0 Å². The standard InChI is InChI=1S/C6H16N2.C2H8N2/c1-3-6(8-2)4-5-7;1-2-4-3/h6,8H,3-5,7H2,1-2H3;4H,2-3H2,1H3. The maximum absolute atomic E-state index is 5.34. The molecule has 76 valence electrons. The summed E-state index contributed by atoms with van der Waals surface area (Å²) in [6, 6.07) is 0.625. The Balaban J connectivity index is 0. The monoisotopic (exact) mass is 176 g/mol. The molecule has 6 N–H and O–H groups in total. The van der Waals surface area contributed by atoms with Crippen molar-refractivity contribution in [2.24, 2.45) is 11.6 Å². The molecule has 1 atom stereocenters. The van der Waals surface area contributed by atoms with Gasteiger partial charge in [0.25, 0.3) is 0 Å². The second-order valence-corrected chi connectivity index (χ2v) is 2.53. The van der Waals surface area contributed by atoms with Crippen molar-refractivity contribution in [3.63, 3.8) is 0 Å². The molecule has 12 heavy (non-hydrogen) atoms. The number of hydrogen-bond donors (Lipinski definition) is 4. The van der Waals surface area contributed by atoms with Gasteiger partial charge in [0, 0.05) is 12.6 Å². The van der Waals surface area contributed by atoms with Gasteiger partial charge in [-0.1, -0.05) is 13.8 Å². The highest BCUT2D eigenvalue weighted by molar-refractivity contribution is 4.60. The molecular formula is C8H24N4. The lowest BCUT2D eigenvalue weighted by Crippen LogP contribution is -2.26. The maximum Gasteiger partial charge on any atom is 0.00734 e. The quantitative estimate of drug-likeness (QED) is 0.346. The third kappa shape index (κ3) is 12.5. The first-order valence-electron chi connectivity index (χ1n) is 4.57. The van der Waals surface area contributed by atoms with E-state index in [1.165, 1.54) is 6.42 Å². The Morgan fingerprint density at radius 3 is 1.92 bits per heavy atom. The fourth-order valence-corrected chi connectivity index (χ4v) is 0.754. The summed E-state index contributed by atoms with van der Waals surface area (Å²) in [4.78, 5) is 0. The van der Waals surface area contributed by atoms with Gasteiger partial charge in [-0.2, -0.15) is 0 Å². The van der Waals surface area contributed by atoms with Crippen molar-refractivity contribution < 1.29 is 0 Å². The van der Waals surface area contributed by atoms with Gasteiger partial charge >= 0.3 is 0 Å². The average Bonchev–Trinajstić information content (AvgIpc) is 2.14. The van der Waals surface area contributed by atoms with Gasteiger partial charge in [-0.3, -0.25) is 11.3 Å². The number of rotatable bonds is 5. The lowest BCUT2D eigenvalue weighted by atomic mass is 10.1. The summed E-state index contributed by atoms with van der Waals surface area (Å²) in [5.74, 6) is 4.78. The third-order valence-corrected chi connectivity index (χ3v) is 1.62. The number of nitrogens with two attached hydrogens (primary N) is 2. The summed E-state index contributed by atoms with van der Waals surface area (Å²) in [6.45, 7) is 5.75. The molecule has 0 amide bonds.